The third-order valence-corrected chi connectivity index (χ3v) is 9.40. The third-order valence-electron chi connectivity index (χ3n) is 7.57. The van der Waals surface area contributed by atoms with Crippen molar-refractivity contribution in [1.82, 2.24) is 9.62 Å². The van der Waals surface area contributed by atoms with Crippen LogP contribution in [0.1, 0.15) is 18.4 Å². The maximum atomic E-state index is 14.6. The van der Waals surface area contributed by atoms with Crippen LogP contribution in [0.4, 0.5) is 4.39 Å². The third kappa shape index (κ3) is 6.33. The SMILES string of the molecule is O=S1(=O)NC[C@H](O)CN(Cc2ccccc2Cl)CC2(COc3cc(-c4ccccc4F)ccc31)C[C@@H](O)[C@@H](O)C2. The molecule has 5 rings (SSSR count). The zero-order valence-electron chi connectivity index (χ0n) is 21.7. The molecule has 1 fully saturated rings. The van der Waals surface area contributed by atoms with E-state index in [1.807, 2.05) is 23.1 Å². The second kappa shape index (κ2) is 11.7. The Morgan fingerprint density at radius 1 is 1.02 bits per heavy atom. The van der Waals surface area contributed by atoms with E-state index in [9.17, 15) is 28.1 Å². The van der Waals surface area contributed by atoms with E-state index in [-0.39, 0.29) is 48.7 Å². The average Bonchev–Trinajstić information content (AvgIpc) is 3.20. The summed E-state index contributed by atoms with van der Waals surface area (Å²) in [7, 11) is -4.12. The fraction of sp³-hybridized carbons (Fsp3) is 0.379. The highest BCUT2D eigenvalue weighted by molar-refractivity contribution is 7.89. The van der Waals surface area contributed by atoms with Gasteiger partial charge in [0.25, 0.3) is 0 Å². The van der Waals surface area contributed by atoms with Crippen molar-refractivity contribution < 1.29 is 32.9 Å². The number of nitrogens with zero attached hydrogens (tertiary/aromatic N) is 1. The van der Waals surface area contributed by atoms with Crippen molar-refractivity contribution in [2.24, 2.45) is 5.41 Å². The highest BCUT2D eigenvalue weighted by Crippen LogP contribution is 2.42. The van der Waals surface area contributed by atoms with E-state index in [0.717, 1.165) is 5.56 Å². The minimum atomic E-state index is -4.12. The molecule has 1 aliphatic carbocycles. The number of β-amino-alcohol motifs (C(OH)–C–C–N with tert-alkyl or cyclic N) is 1. The Kier molecular flexibility index (Phi) is 8.49. The largest absolute Gasteiger partial charge is 0.492 e. The minimum Gasteiger partial charge on any atom is -0.492 e. The first-order chi connectivity index (χ1) is 19.1. The first kappa shape index (κ1) is 28.9. The summed E-state index contributed by atoms with van der Waals surface area (Å²) in [5.41, 5.74) is 0.758. The monoisotopic (exact) mass is 590 g/mol. The van der Waals surface area contributed by atoms with E-state index in [0.29, 0.717) is 23.7 Å². The minimum absolute atomic E-state index is 0.0104. The Bertz CT molecular complexity index is 1460. The fourth-order valence-corrected chi connectivity index (χ4v) is 7.04. The Labute approximate surface area is 238 Å². The van der Waals surface area contributed by atoms with Crippen LogP contribution in [-0.4, -0.2) is 73.2 Å². The highest BCUT2D eigenvalue weighted by atomic mass is 35.5. The smallest absolute Gasteiger partial charge is 0.244 e. The lowest BCUT2D eigenvalue weighted by Crippen LogP contribution is -2.46. The first-order valence-corrected chi connectivity index (χ1v) is 14.9. The Morgan fingerprint density at radius 2 is 1.73 bits per heavy atom. The van der Waals surface area contributed by atoms with E-state index < -0.39 is 39.6 Å². The van der Waals surface area contributed by atoms with Gasteiger partial charge in [-0.05, 0) is 48.2 Å². The molecule has 3 aromatic carbocycles. The molecular formula is C29H32ClFN2O6S. The Hall–Kier alpha value is -2.57. The molecule has 0 saturated heterocycles. The van der Waals surface area contributed by atoms with Crippen molar-refractivity contribution in [2.45, 2.75) is 42.6 Å². The van der Waals surface area contributed by atoms with Crippen molar-refractivity contribution in [2.75, 3.05) is 26.2 Å². The summed E-state index contributed by atoms with van der Waals surface area (Å²) in [4.78, 5) is 1.79. The van der Waals surface area contributed by atoms with Gasteiger partial charge >= 0.3 is 0 Å². The molecule has 40 heavy (non-hydrogen) atoms. The van der Waals surface area contributed by atoms with Gasteiger partial charge in [-0.2, -0.15) is 0 Å². The number of hydrogen-bond donors (Lipinski definition) is 4. The van der Waals surface area contributed by atoms with Crippen LogP contribution in [0.15, 0.2) is 71.6 Å². The molecule has 1 spiro atoms. The zero-order valence-corrected chi connectivity index (χ0v) is 23.3. The Morgan fingerprint density at radius 3 is 2.45 bits per heavy atom. The molecule has 1 saturated carbocycles. The molecule has 11 heteroatoms. The lowest BCUT2D eigenvalue weighted by Gasteiger charge is -2.37. The predicted octanol–water partition coefficient (Wildman–Crippen LogP) is 3.18. The number of nitrogens with one attached hydrogen (secondary N) is 1. The topological polar surface area (TPSA) is 119 Å². The quantitative estimate of drug-likeness (QED) is 0.370. The van der Waals surface area contributed by atoms with Gasteiger partial charge in [-0.15, -0.1) is 0 Å². The molecule has 2 aliphatic rings. The lowest BCUT2D eigenvalue weighted by molar-refractivity contribution is 0.0427. The van der Waals surface area contributed by atoms with Gasteiger partial charge in [0.05, 0.1) is 24.9 Å². The fourth-order valence-electron chi connectivity index (χ4n) is 5.64. The number of hydrogen-bond acceptors (Lipinski definition) is 7. The summed E-state index contributed by atoms with van der Waals surface area (Å²) in [6.45, 7) is 0.512. The molecule has 1 heterocycles. The van der Waals surface area contributed by atoms with Crippen LogP contribution in [0.5, 0.6) is 5.75 Å². The molecule has 214 valence electrons. The average molecular weight is 591 g/mol. The molecule has 0 amide bonds. The van der Waals surface area contributed by atoms with Crippen LogP contribution in [0.25, 0.3) is 11.1 Å². The van der Waals surface area contributed by atoms with Crippen molar-refractivity contribution in [3.63, 3.8) is 0 Å². The number of benzene rings is 3. The number of aliphatic hydroxyl groups is 3. The van der Waals surface area contributed by atoms with Crippen LogP contribution in [0, 0.1) is 11.2 Å². The van der Waals surface area contributed by atoms with Crippen LogP contribution >= 0.6 is 11.6 Å². The Balaban J connectivity index is 1.55. The molecule has 8 nitrogen and oxygen atoms in total. The summed E-state index contributed by atoms with van der Waals surface area (Å²) in [5.74, 6) is -0.454. The number of aliphatic hydroxyl groups excluding tert-OH is 3. The normalized spacial score (nSPS) is 27.4. The second-order valence-electron chi connectivity index (χ2n) is 10.7. The zero-order chi connectivity index (χ0) is 28.5. The number of halogens is 2. The molecule has 1 aliphatic heterocycles. The van der Waals surface area contributed by atoms with Crippen molar-refractivity contribution in [1.29, 1.82) is 0 Å². The van der Waals surface area contributed by atoms with Gasteiger partial charge in [0.1, 0.15) is 16.5 Å². The number of sulfonamides is 1. The summed E-state index contributed by atoms with van der Waals surface area (Å²) in [5, 5.41) is 32.5. The molecule has 1 unspecified atom stereocenters. The van der Waals surface area contributed by atoms with Gasteiger partial charge in [0, 0.05) is 42.2 Å². The van der Waals surface area contributed by atoms with Crippen molar-refractivity contribution in [3.8, 4) is 16.9 Å². The van der Waals surface area contributed by atoms with E-state index in [1.54, 1.807) is 24.3 Å². The van der Waals surface area contributed by atoms with E-state index in [1.165, 1.54) is 24.3 Å². The second-order valence-corrected chi connectivity index (χ2v) is 12.9. The van der Waals surface area contributed by atoms with Gasteiger partial charge in [-0.3, -0.25) is 4.90 Å². The molecule has 3 aromatic rings. The van der Waals surface area contributed by atoms with Gasteiger partial charge < -0.3 is 20.1 Å². The summed E-state index contributed by atoms with van der Waals surface area (Å²) in [6.07, 6.45) is -2.63. The molecule has 0 radical (unpaired) electrons. The maximum absolute atomic E-state index is 14.6. The number of fused-ring (bicyclic) bond motifs is 1. The highest BCUT2D eigenvalue weighted by Gasteiger charge is 2.46. The summed E-state index contributed by atoms with van der Waals surface area (Å²) < 4.78 is 49.9. The molecule has 0 aromatic heterocycles. The van der Waals surface area contributed by atoms with Crippen molar-refractivity contribution >= 4 is 21.6 Å². The summed E-state index contributed by atoms with van der Waals surface area (Å²) in [6, 6.07) is 17.8. The number of rotatable bonds is 3. The first-order valence-electron chi connectivity index (χ1n) is 13.1. The van der Waals surface area contributed by atoms with Crippen LogP contribution in [0.2, 0.25) is 5.02 Å². The standard InChI is InChI=1S/C29H32ClFN2O6S/c30-23-7-3-1-5-20(23)15-33-16-21(34)14-32-40(37,38)28-10-9-19(22-6-2-4-8-24(22)31)11-27(28)39-18-29(17-33)12-25(35)26(36)13-29/h1-11,21,25-26,32,34-36H,12-18H2/t21-,25-,26+,29?/m0/s1. The van der Waals surface area contributed by atoms with Gasteiger partial charge in [0.2, 0.25) is 10.0 Å². The lowest BCUT2D eigenvalue weighted by atomic mass is 9.85. The number of ether oxygens (including phenoxy) is 1. The predicted molar refractivity (Wildman–Crippen MR) is 149 cm³/mol. The van der Waals surface area contributed by atoms with E-state index in [4.69, 9.17) is 16.3 Å². The summed E-state index contributed by atoms with van der Waals surface area (Å²) >= 11 is 6.41. The molecule has 0 bridgehead atoms. The van der Waals surface area contributed by atoms with Crippen LogP contribution in [-0.2, 0) is 16.6 Å². The van der Waals surface area contributed by atoms with Gasteiger partial charge in [-0.1, -0.05) is 54.1 Å². The van der Waals surface area contributed by atoms with E-state index >= 15 is 0 Å². The molecule has 4 N–H and O–H groups in total. The van der Waals surface area contributed by atoms with Crippen LogP contribution in [0.3, 0.4) is 0 Å². The van der Waals surface area contributed by atoms with Crippen LogP contribution < -0.4 is 9.46 Å². The maximum Gasteiger partial charge on any atom is 0.244 e. The van der Waals surface area contributed by atoms with Crippen molar-refractivity contribution in [3.05, 3.63) is 83.1 Å². The molecular weight excluding hydrogens is 559 g/mol. The van der Waals surface area contributed by atoms with Gasteiger partial charge in [-0.25, -0.2) is 17.5 Å². The van der Waals surface area contributed by atoms with E-state index in [2.05, 4.69) is 4.72 Å². The molecule has 4 atom stereocenters. The van der Waals surface area contributed by atoms with Gasteiger partial charge in [0.15, 0.2) is 0 Å².